The lowest BCUT2D eigenvalue weighted by Crippen LogP contribution is -1.95. The van der Waals surface area contributed by atoms with Crippen molar-refractivity contribution in [3.8, 4) is 0 Å². The number of rotatable bonds is 15. The summed E-state index contributed by atoms with van der Waals surface area (Å²) < 4.78 is 5.67. The Balaban J connectivity index is 1.87. The molecule has 132 valence electrons. The van der Waals surface area contributed by atoms with Crippen LogP contribution >= 0.6 is 0 Å². The number of hydrogen-bond donors (Lipinski definition) is 1. The van der Waals surface area contributed by atoms with Crippen LogP contribution < -0.4 is 0 Å². The fourth-order valence-electron chi connectivity index (χ4n) is 2.75. The molecule has 1 rings (SSSR count). The molecule has 3 heteroatoms. The van der Waals surface area contributed by atoms with Crippen LogP contribution in [0, 0.1) is 0 Å². The number of allylic oxidation sites excluding steroid dienone is 3. The zero-order valence-electron chi connectivity index (χ0n) is 14.7. The normalized spacial score (nSPS) is 20.6. The highest BCUT2D eigenvalue weighted by Gasteiger charge is 2.36. The van der Waals surface area contributed by atoms with E-state index < -0.39 is 5.97 Å². The van der Waals surface area contributed by atoms with E-state index >= 15 is 0 Å². The summed E-state index contributed by atoms with van der Waals surface area (Å²) in [6.45, 7) is 2.24. The second-order valence-corrected chi connectivity index (χ2v) is 6.47. The van der Waals surface area contributed by atoms with Gasteiger partial charge in [0.25, 0.3) is 0 Å². The van der Waals surface area contributed by atoms with Gasteiger partial charge in [-0.05, 0) is 38.5 Å². The highest BCUT2D eigenvalue weighted by molar-refractivity contribution is 5.66. The molecular formula is C20H34O3. The molecule has 1 fully saturated rings. The fraction of sp³-hybridized carbons (Fsp3) is 0.750. The molecule has 0 saturated carbocycles. The van der Waals surface area contributed by atoms with Gasteiger partial charge in [-0.25, -0.2) is 0 Å². The largest absolute Gasteiger partial charge is 0.481 e. The molecule has 23 heavy (non-hydrogen) atoms. The van der Waals surface area contributed by atoms with Gasteiger partial charge in [0.15, 0.2) is 0 Å². The molecule has 0 aliphatic carbocycles. The zero-order chi connectivity index (χ0) is 16.8. The third kappa shape index (κ3) is 12.1. The van der Waals surface area contributed by atoms with Gasteiger partial charge in [-0.1, -0.05) is 63.3 Å². The van der Waals surface area contributed by atoms with Crippen LogP contribution in [0.2, 0.25) is 0 Å². The molecule has 1 N–H and O–H groups in total. The molecule has 1 heterocycles. The maximum Gasteiger partial charge on any atom is 0.303 e. The van der Waals surface area contributed by atoms with Gasteiger partial charge in [0, 0.05) is 6.42 Å². The van der Waals surface area contributed by atoms with Crippen molar-refractivity contribution in [3.63, 3.8) is 0 Å². The molecule has 0 aromatic heterocycles. The van der Waals surface area contributed by atoms with Crippen molar-refractivity contribution in [1.29, 1.82) is 0 Å². The number of carboxylic acids is 1. The lowest BCUT2D eigenvalue weighted by molar-refractivity contribution is -0.137. The summed E-state index contributed by atoms with van der Waals surface area (Å²) in [7, 11) is 0. The van der Waals surface area contributed by atoms with Crippen LogP contribution in [0.1, 0.15) is 84.0 Å². The van der Waals surface area contributed by atoms with Crippen molar-refractivity contribution in [1.82, 2.24) is 0 Å². The molecule has 1 aliphatic rings. The Hall–Kier alpha value is -1.09. The summed E-state index contributed by atoms with van der Waals surface area (Å²) in [5, 5.41) is 8.56. The van der Waals surface area contributed by atoms with E-state index in [1.165, 1.54) is 25.7 Å². The Morgan fingerprint density at radius 1 is 0.957 bits per heavy atom. The first kappa shape index (κ1) is 20.0. The average molecular weight is 322 g/mol. The van der Waals surface area contributed by atoms with Gasteiger partial charge in [0.1, 0.15) is 0 Å². The minimum atomic E-state index is -0.682. The van der Waals surface area contributed by atoms with E-state index in [2.05, 4.69) is 31.2 Å². The molecule has 3 nitrogen and oxygen atoms in total. The van der Waals surface area contributed by atoms with E-state index in [-0.39, 0.29) is 0 Å². The van der Waals surface area contributed by atoms with Gasteiger partial charge in [0.2, 0.25) is 0 Å². The predicted molar refractivity (Wildman–Crippen MR) is 95.7 cm³/mol. The van der Waals surface area contributed by atoms with Crippen LogP contribution in [0.15, 0.2) is 24.3 Å². The topological polar surface area (TPSA) is 49.8 Å². The number of aliphatic carboxylic acids is 1. The van der Waals surface area contributed by atoms with Crippen molar-refractivity contribution in [2.45, 2.75) is 96.2 Å². The number of ether oxygens (including phenoxy) is 1. The van der Waals surface area contributed by atoms with Crippen molar-refractivity contribution >= 4 is 5.97 Å². The van der Waals surface area contributed by atoms with Crippen LogP contribution in [0.4, 0.5) is 0 Å². The molecule has 0 amide bonds. The highest BCUT2D eigenvalue weighted by atomic mass is 16.6. The first-order valence-electron chi connectivity index (χ1n) is 9.41. The highest BCUT2D eigenvalue weighted by Crippen LogP contribution is 2.30. The van der Waals surface area contributed by atoms with Gasteiger partial charge >= 0.3 is 5.97 Å². The molecule has 2 unspecified atom stereocenters. The van der Waals surface area contributed by atoms with Crippen molar-refractivity contribution in [3.05, 3.63) is 24.3 Å². The van der Waals surface area contributed by atoms with Crippen molar-refractivity contribution in [2.24, 2.45) is 0 Å². The lowest BCUT2D eigenvalue weighted by atomic mass is 10.1. The van der Waals surface area contributed by atoms with Gasteiger partial charge in [-0.15, -0.1) is 0 Å². The van der Waals surface area contributed by atoms with Crippen LogP contribution in [-0.2, 0) is 9.53 Å². The van der Waals surface area contributed by atoms with Crippen LogP contribution in [0.3, 0.4) is 0 Å². The van der Waals surface area contributed by atoms with Gasteiger partial charge < -0.3 is 9.84 Å². The summed E-state index contributed by atoms with van der Waals surface area (Å²) in [6, 6.07) is 0. The van der Waals surface area contributed by atoms with E-state index in [1.54, 1.807) is 0 Å². The predicted octanol–water partition coefficient (Wildman–Crippen LogP) is 5.65. The summed E-state index contributed by atoms with van der Waals surface area (Å²) in [5.41, 5.74) is 0. The van der Waals surface area contributed by atoms with Crippen LogP contribution in [-0.4, -0.2) is 23.3 Å². The molecule has 1 saturated heterocycles. The third-order valence-corrected chi connectivity index (χ3v) is 4.27. The van der Waals surface area contributed by atoms with Gasteiger partial charge in [-0.3, -0.25) is 4.79 Å². The number of carboxylic acid groups (broad SMARTS) is 1. The molecule has 0 bridgehead atoms. The maximum atomic E-state index is 10.4. The van der Waals surface area contributed by atoms with E-state index in [0.717, 1.165) is 44.9 Å². The van der Waals surface area contributed by atoms with Crippen LogP contribution in [0.25, 0.3) is 0 Å². The minimum absolute atomic E-state index is 0.306. The smallest absolute Gasteiger partial charge is 0.303 e. The minimum Gasteiger partial charge on any atom is -0.481 e. The molecule has 1 aliphatic heterocycles. The third-order valence-electron chi connectivity index (χ3n) is 4.27. The number of epoxide rings is 1. The Labute approximate surface area is 141 Å². The monoisotopic (exact) mass is 322 g/mol. The van der Waals surface area contributed by atoms with Gasteiger partial charge in [-0.2, -0.15) is 0 Å². The molecule has 0 spiro atoms. The fourth-order valence-corrected chi connectivity index (χ4v) is 2.75. The second-order valence-electron chi connectivity index (χ2n) is 6.47. The van der Waals surface area contributed by atoms with Crippen molar-refractivity contribution < 1.29 is 14.6 Å². The number of carbonyl (C=O) groups is 1. The standard InChI is InChI=1S/C20H34O3/c1-2-3-4-5-6-7-8-9-12-15-18-19(23-18)16-13-10-11-14-17-20(21)22/h6-7,9,12,18-19H,2-5,8,10-11,13-17H2,1H3,(H,21,22)/b7-6-,12-9-. The summed E-state index contributed by atoms with van der Waals surface area (Å²) in [6.07, 6.45) is 22.7. The van der Waals surface area contributed by atoms with E-state index in [1.807, 2.05) is 0 Å². The van der Waals surface area contributed by atoms with Crippen molar-refractivity contribution in [2.75, 3.05) is 0 Å². The first-order chi connectivity index (χ1) is 11.2. The molecule has 0 aromatic rings. The Morgan fingerprint density at radius 2 is 1.74 bits per heavy atom. The zero-order valence-corrected chi connectivity index (χ0v) is 14.7. The quantitative estimate of drug-likeness (QED) is 0.241. The van der Waals surface area contributed by atoms with Gasteiger partial charge in [0.05, 0.1) is 12.2 Å². The van der Waals surface area contributed by atoms with E-state index in [9.17, 15) is 4.79 Å². The molecule has 0 aromatic carbocycles. The summed E-state index contributed by atoms with van der Waals surface area (Å²) in [5.74, 6) is -0.682. The van der Waals surface area contributed by atoms with Crippen LogP contribution in [0.5, 0.6) is 0 Å². The molecular weight excluding hydrogens is 288 g/mol. The number of unbranched alkanes of at least 4 members (excludes halogenated alkanes) is 6. The summed E-state index contributed by atoms with van der Waals surface area (Å²) in [4.78, 5) is 10.4. The SMILES string of the molecule is CCCCC/C=C\C/C=C\CC1OC1CCCCCCC(=O)O. The molecule has 0 radical (unpaired) electrons. The number of hydrogen-bond acceptors (Lipinski definition) is 2. The maximum absolute atomic E-state index is 10.4. The first-order valence-corrected chi connectivity index (χ1v) is 9.41. The second kappa shape index (κ2) is 13.4. The molecule has 2 atom stereocenters. The average Bonchev–Trinajstić information content (AvgIpc) is 3.27. The lowest BCUT2D eigenvalue weighted by Gasteiger charge is -1.97. The summed E-state index contributed by atoms with van der Waals surface area (Å²) >= 11 is 0. The van der Waals surface area contributed by atoms with E-state index in [0.29, 0.717) is 18.6 Å². The Bertz CT molecular complexity index is 360. The van der Waals surface area contributed by atoms with E-state index in [4.69, 9.17) is 9.84 Å². The Morgan fingerprint density at radius 3 is 2.52 bits per heavy atom. The Kier molecular flexibility index (Phi) is 11.6.